The van der Waals surface area contributed by atoms with Crippen LogP contribution in [0.4, 0.5) is 0 Å². The summed E-state index contributed by atoms with van der Waals surface area (Å²) in [6.07, 6.45) is 6.15. The van der Waals surface area contributed by atoms with E-state index in [0.717, 1.165) is 54.5 Å². The zero-order valence-corrected chi connectivity index (χ0v) is 13.9. The van der Waals surface area contributed by atoms with Crippen molar-refractivity contribution < 1.29 is 4.74 Å². The van der Waals surface area contributed by atoms with Gasteiger partial charge in [0.2, 0.25) is 0 Å². The number of ether oxygens (including phenoxy) is 1. The van der Waals surface area contributed by atoms with Crippen molar-refractivity contribution in [2.45, 2.75) is 39.0 Å². The number of fused-ring (bicyclic) bond motifs is 1. The minimum Gasteiger partial charge on any atom is -0.493 e. The summed E-state index contributed by atoms with van der Waals surface area (Å²) in [6, 6.07) is 4.20. The van der Waals surface area contributed by atoms with Crippen molar-refractivity contribution in [3.63, 3.8) is 0 Å². The Bertz CT molecular complexity index is 502. The van der Waals surface area contributed by atoms with E-state index in [9.17, 15) is 0 Å². The van der Waals surface area contributed by atoms with E-state index >= 15 is 0 Å². The van der Waals surface area contributed by atoms with Gasteiger partial charge in [-0.15, -0.1) is 0 Å². The topological polar surface area (TPSA) is 21.3 Å². The molecule has 0 radical (unpaired) electrons. The molecule has 1 saturated carbocycles. The van der Waals surface area contributed by atoms with Crippen LogP contribution in [0, 0.1) is 17.8 Å². The van der Waals surface area contributed by atoms with Crippen LogP contribution in [0.15, 0.2) is 12.1 Å². The summed E-state index contributed by atoms with van der Waals surface area (Å²) in [5.41, 5.74) is 2.63. The minimum absolute atomic E-state index is 0.743. The van der Waals surface area contributed by atoms with Gasteiger partial charge in [-0.2, -0.15) is 0 Å². The maximum atomic E-state index is 6.30. The Morgan fingerprint density at radius 1 is 1.29 bits per heavy atom. The van der Waals surface area contributed by atoms with Crippen LogP contribution in [0.3, 0.4) is 0 Å². The van der Waals surface area contributed by atoms with Gasteiger partial charge in [0.1, 0.15) is 5.75 Å². The van der Waals surface area contributed by atoms with Gasteiger partial charge in [0.15, 0.2) is 0 Å². The molecule has 3 unspecified atom stereocenters. The molecule has 2 aliphatic rings. The van der Waals surface area contributed by atoms with Crippen molar-refractivity contribution in [1.29, 1.82) is 0 Å². The molecule has 1 fully saturated rings. The zero-order valence-electron chi connectivity index (χ0n) is 13.1. The quantitative estimate of drug-likeness (QED) is 0.904. The van der Waals surface area contributed by atoms with Gasteiger partial charge in [-0.1, -0.05) is 24.9 Å². The normalized spacial score (nSPS) is 28.2. The summed E-state index contributed by atoms with van der Waals surface area (Å²) in [5, 5.41) is 4.24. The highest BCUT2D eigenvalue weighted by Gasteiger charge is 2.30. The Kier molecular flexibility index (Phi) is 4.75. The van der Waals surface area contributed by atoms with Crippen LogP contribution in [0.1, 0.15) is 37.3 Å². The second-order valence-corrected chi connectivity index (χ2v) is 7.29. The molecule has 0 amide bonds. The molecule has 1 aromatic rings. The number of nitrogens with one attached hydrogen (secondary N) is 1. The van der Waals surface area contributed by atoms with E-state index in [1.807, 2.05) is 0 Å². The molecular weight excluding hydrogens is 282 g/mol. The molecule has 3 heteroatoms. The summed E-state index contributed by atoms with van der Waals surface area (Å²) in [7, 11) is 2.06. The molecule has 0 aromatic heterocycles. The predicted molar refractivity (Wildman–Crippen MR) is 88.3 cm³/mol. The third kappa shape index (κ3) is 3.37. The number of halogens is 1. The largest absolute Gasteiger partial charge is 0.493 e. The number of rotatable bonds is 4. The molecule has 116 valence electrons. The third-order valence-electron chi connectivity index (χ3n) is 5.18. The van der Waals surface area contributed by atoms with Crippen molar-refractivity contribution in [2.24, 2.45) is 17.8 Å². The molecule has 1 N–H and O–H groups in total. The van der Waals surface area contributed by atoms with E-state index in [0.29, 0.717) is 0 Å². The molecule has 3 atom stereocenters. The van der Waals surface area contributed by atoms with Crippen LogP contribution < -0.4 is 10.1 Å². The van der Waals surface area contributed by atoms with Gasteiger partial charge in [0.25, 0.3) is 0 Å². The van der Waals surface area contributed by atoms with E-state index in [2.05, 4.69) is 31.4 Å². The molecule has 1 heterocycles. The van der Waals surface area contributed by atoms with Crippen LogP contribution in [0.5, 0.6) is 5.75 Å². The Hall–Kier alpha value is -0.730. The third-order valence-corrected chi connectivity index (χ3v) is 5.39. The van der Waals surface area contributed by atoms with Crippen molar-refractivity contribution >= 4 is 11.6 Å². The average Bonchev–Trinajstić information content (AvgIpc) is 2.90. The minimum atomic E-state index is 0.743. The van der Waals surface area contributed by atoms with E-state index < -0.39 is 0 Å². The fraction of sp³-hybridized carbons (Fsp3) is 0.667. The first-order chi connectivity index (χ1) is 10.2. The van der Waals surface area contributed by atoms with Gasteiger partial charge in [-0.25, -0.2) is 0 Å². The van der Waals surface area contributed by atoms with Gasteiger partial charge < -0.3 is 10.1 Å². The lowest BCUT2D eigenvalue weighted by Gasteiger charge is -2.35. The standard InChI is InChI=1S/C18H26ClNO/c1-12-3-4-14(11-20-2)15(7-12)8-16-10-17(19)9-13-5-6-21-18(13)16/h9-10,12,14-15,20H,3-8,11H2,1-2H3. The SMILES string of the molecule is CNCC1CCC(C)CC1Cc1cc(Cl)cc2c1OCC2. The monoisotopic (exact) mass is 307 g/mol. The van der Waals surface area contributed by atoms with Gasteiger partial charge in [-0.3, -0.25) is 0 Å². The second kappa shape index (κ2) is 6.58. The first kappa shape index (κ1) is 15.2. The summed E-state index contributed by atoms with van der Waals surface area (Å²) in [5.74, 6) is 3.49. The van der Waals surface area contributed by atoms with Crippen molar-refractivity contribution in [1.82, 2.24) is 5.32 Å². The van der Waals surface area contributed by atoms with Crippen LogP contribution in [0.2, 0.25) is 5.02 Å². The van der Waals surface area contributed by atoms with Gasteiger partial charge >= 0.3 is 0 Å². The van der Waals surface area contributed by atoms with Crippen LogP contribution >= 0.6 is 11.6 Å². The fourth-order valence-electron chi connectivity index (χ4n) is 4.12. The highest BCUT2D eigenvalue weighted by atomic mass is 35.5. The highest BCUT2D eigenvalue weighted by molar-refractivity contribution is 6.30. The number of hydrogen-bond acceptors (Lipinski definition) is 2. The van der Waals surface area contributed by atoms with E-state index in [-0.39, 0.29) is 0 Å². The van der Waals surface area contributed by atoms with Gasteiger partial charge in [-0.05, 0) is 73.9 Å². The number of benzene rings is 1. The fourth-order valence-corrected chi connectivity index (χ4v) is 4.39. The number of hydrogen-bond donors (Lipinski definition) is 1. The zero-order chi connectivity index (χ0) is 14.8. The van der Waals surface area contributed by atoms with Crippen LogP contribution in [-0.2, 0) is 12.8 Å². The first-order valence-corrected chi connectivity index (χ1v) is 8.64. The first-order valence-electron chi connectivity index (χ1n) is 8.26. The Morgan fingerprint density at radius 2 is 2.14 bits per heavy atom. The molecule has 1 aromatic carbocycles. The van der Waals surface area contributed by atoms with Crippen LogP contribution in [0.25, 0.3) is 0 Å². The van der Waals surface area contributed by atoms with Crippen molar-refractivity contribution in [3.05, 3.63) is 28.3 Å². The lowest BCUT2D eigenvalue weighted by atomic mass is 9.72. The lowest BCUT2D eigenvalue weighted by Crippen LogP contribution is -2.32. The molecule has 1 aliphatic carbocycles. The molecule has 0 spiro atoms. The maximum Gasteiger partial charge on any atom is 0.125 e. The molecule has 3 rings (SSSR count). The molecule has 21 heavy (non-hydrogen) atoms. The molecule has 2 nitrogen and oxygen atoms in total. The van der Waals surface area contributed by atoms with E-state index in [4.69, 9.17) is 16.3 Å². The van der Waals surface area contributed by atoms with E-state index in [1.165, 1.54) is 30.4 Å². The summed E-state index contributed by atoms with van der Waals surface area (Å²) >= 11 is 6.30. The van der Waals surface area contributed by atoms with Crippen molar-refractivity contribution in [2.75, 3.05) is 20.2 Å². The maximum absolute atomic E-state index is 6.30. The van der Waals surface area contributed by atoms with Gasteiger partial charge in [0.05, 0.1) is 6.61 Å². The molecule has 0 saturated heterocycles. The predicted octanol–water partition coefficient (Wildman–Crippen LogP) is 4.09. The molecule has 0 bridgehead atoms. The Morgan fingerprint density at radius 3 is 2.95 bits per heavy atom. The van der Waals surface area contributed by atoms with E-state index in [1.54, 1.807) is 0 Å². The van der Waals surface area contributed by atoms with Crippen LogP contribution in [-0.4, -0.2) is 20.2 Å². The van der Waals surface area contributed by atoms with Crippen molar-refractivity contribution in [3.8, 4) is 5.75 Å². The molecule has 1 aliphatic heterocycles. The molecular formula is C18H26ClNO. The smallest absolute Gasteiger partial charge is 0.125 e. The highest BCUT2D eigenvalue weighted by Crippen LogP contribution is 2.40. The summed E-state index contributed by atoms with van der Waals surface area (Å²) in [4.78, 5) is 0. The Labute approximate surface area is 133 Å². The lowest BCUT2D eigenvalue weighted by molar-refractivity contribution is 0.185. The average molecular weight is 308 g/mol. The summed E-state index contributed by atoms with van der Waals surface area (Å²) in [6.45, 7) is 4.33. The Balaban J connectivity index is 1.81. The second-order valence-electron chi connectivity index (χ2n) is 6.85. The summed E-state index contributed by atoms with van der Waals surface area (Å²) < 4.78 is 5.87. The van der Waals surface area contributed by atoms with Gasteiger partial charge in [0, 0.05) is 11.4 Å².